The Hall–Kier alpha value is -2.04. The molecule has 1 aliphatic carbocycles. The monoisotopic (exact) mass is 379 g/mol. The molecule has 4 heteroatoms. The highest BCUT2D eigenvalue weighted by molar-refractivity contribution is 5.44. The molecule has 2 aromatic rings. The van der Waals surface area contributed by atoms with E-state index in [9.17, 15) is 5.11 Å². The molecular formula is C24H29NO3. The maximum Gasteiger partial charge on any atom is 0.126 e. The summed E-state index contributed by atoms with van der Waals surface area (Å²) in [6.07, 6.45) is 6.29. The molecule has 1 spiro atoms. The first-order valence-electron chi connectivity index (χ1n) is 10.6. The number of hydrogen-bond donors (Lipinski definition) is 1. The van der Waals surface area contributed by atoms with E-state index in [-0.39, 0.29) is 5.60 Å². The summed E-state index contributed by atoms with van der Waals surface area (Å²) in [7, 11) is 0. The van der Waals surface area contributed by atoms with Gasteiger partial charge in [-0.05, 0) is 49.4 Å². The van der Waals surface area contributed by atoms with Crippen molar-refractivity contribution in [3.8, 4) is 11.5 Å². The summed E-state index contributed by atoms with van der Waals surface area (Å²) in [5.41, 5.74) is 1.78. The fourth-order valence-electron chi connectivity index (χ4n) is 4.80. The van der Waals surface area contributed by atoms with Gasteiger partial charge in [-0.25, -0.2) is 0 Å². The number of ether oxygens (including phenoxy) is 2. The molecule has 0 aromatic heterocycles. The van der Waals surface area contributed by atoms with E-state index in [1.165, 1.54) is 19.3 Å². The number of aliphatic hydroxyl groups is 1. The molecule has 1 saturated heterocycles. The minimum atomic E-state index is -0.487. The van der Waals surface area contributed by atoms with Gasteiger partial charge in [0.1, 0.15) is 23.7 Å². The topological polar surface area (TPSA) is 41.9 Å². The summed E-state index contributed by atoms with van der Waals surface area (Å²) < 4.78 is 12.4. The summed E-state index contributed by atoms with van der Waals surface area (Å²) in [6, 6.07) is 16.8. The fraction of sp³-hybridized carbons (Fsp3) is 0.500. The predicted octanol–water partition coefficient (Wildman–Crippen LogP) is 4.47. The van der Waals surface area contributed by atoms with Gasteiger partial charge >= 0.3 is 0 Å². The average molecular weight is 380 g/mol. The van der Waals surface area contributed by atoms with Gasteiger partial charge in [0.25, 0.3) is 0 Å². The summed E-state index contributed by atoms with van der Waals surface area (Å²) in [6.45, 7) is 2.70. The number of rotatable bonds is 4. The molecule has 2 aromatic carbocycles. The van der Waals surface area contributed by atoms with Crippen molar-refractivity contribution in [1.29, 1.82) is 0 Å². The van der Waals surface area contributed by atoms with Gasteiger partial charge in [-0.3, -0.25) is 0 Å². The number of piperidine rings is 1. The number of benzene rings is 2. The summed E-state index contributed by atoms with van der Waals surface area (Å²) >= 11 is 0. The Balaban J connectivity index is 1.26. The highest BCUT2D eigenvalue weighted by Gasteiger charge is 2.44. The average Bonchev–Trinajstić information content (AvgIpc) is 2.68. The van der Waals surface area contributed by atoms with Crippen LogP contribution in [0.15, 0.2) is 48.5 Å². The molecule has 0 radical (unpaired) electrons. The van der Waals surface area contributed by atoms with Gasteiger partial charge in [0.15, 0.2) is 0 Å². The summed E-state index contributed by atoms with van der Waals surface area (Å²) in [5.74, 6) is 1.60. The zero-order valence-corrected chi connectivity index (χ0v) is 16.3. The highest BCUT2D eigenvalue weighted by atomic mass is 16.5. The number of aliphatic hydroxyl groups excluding tert-OH is 1. The third kappa shape index (κ3) is 3.51. The molecule has 1 saturated carbocycles. The van der Waals surface area contributed by atoms with E-state index in [4.69, 9.17) is 9.47 Å². The van der Waals surface area contributed by atoms with Crippen molar-refractivity contribution in [3.05, 3.63) is 59.7 Å². The number of hydrogen-bond acceptors (Lipinski definition) is 4. The van der Waals surface area contributed by atoms with Gasteiger partial charge in [0.05, 0.1) is 6.10 Å². The molecule has 28 heavy (non-hydrogen) atoms. The first kappa shape index (κ1) is 18.0. The van der Waals surface area contributed by atoms with E-state index in [1.54, 1.807) is 0 Å². The second-order valence-corrected chi connectivity index (χ2v) is 8.60. The highest BCUT2D eigenvalue weighted by Crippen LogP contribution is 2.46. The van der Waals surface area contributed by atoms with Crippen molar-refractivity contribution in [2.75, 3.05) is 13.1 Å². The lowest BCUT2D eigenvalue weighted by molar-refractivity contribution is -0.0655. The van der Waals surface area contributed by atoms with E-state index >= 15 is 0 Å². The van der Waals surface area contributed by atoms with Crippen molar-refractivity contribution < 1.29 is 14.6 Å². The van der Waals surface area contributed by atoms with E-state index in [1.807, 2.05) is 36.4 Å². The van der Waals surface area contributed by atoms with Crippen molar-refractivity contribution in [3.63, 3.8) is 0 Å². The Kier molecular flexibility index (Phi) is 4.77. The van der Waals surface area contributed by atoms with Crippen LogP contribution in [0, 0.1) is 0 Å². The van der Waals surface area contributed by atoms with Crippen LogP contribution in [0.1, 0.15) is 55.8 Å². The van der Waals surface area contributed by atoms with Gasteiger partial charge in [-0.1, -0.05) is 36.8 Å². The molecule has 4 nitrogen and oxygen atoms in total. The zero-order valence-electron chi connectivity index (χ0n) is 16.3. The van der Waals surface area contributed by atoms with Gasteiger partial charge < -0.3 is 19.5 Å². The SMILES string of the molecule is OC1CC2(CCN(C3CCC3)CC2)Oc2ccc(OCc3ccccc3)cc21. The third-order valence-corrected chi connectivity index (χ3v) is 6.78. The lowest BCUT2D eigenvalue weighted by atomic mass is 9.80. The van der Waals surface area contributed by atoms with Crippen LogP contribution in [0.5, 0.6) is 11.5 Å². The molecule has 0 bridgehead atoms. The molecule has 2 fully saturated rings. The van der Waals surface area contributed by atoms with Crippen molar-refractivity contribution in [2.45, 2.75) is 62.9 Å². The quantitative estimate of drug-likeness (QED) is 0.851. The molecular weight excluding hydrogens is 350 g/mol. The first-order valence-corrected chi connectivity index (χ1v) is 10.6. The Morgan fingerprint density at radius 2 is 1.86 bits per heavy atom. The van der Waals surface area contributed by atoms with Crippen LogP contribution in [0.3, 0.4) is 0 Å². The summed E-state index contributed by atoms with van der Waals surface area (Å²) in [4.78, 5) is 2.63. The zero-order chi connectivity index (χ0) is 19.0. The number of nitrogens with zero attached hydrogens (tertiary/aromatic N) is 1. The van der Waals surface area contributed by atoms with Gasteiger partial charge in [-0.15, -0.1) is 0 Å². The molecule has 5 rings (SSSR count). The van der Waals surface area contributed by atoms with E-state index in [2.05, 4.69) is 17.0 Å². The van der Waals surface area contributed by atoms with Gasteiger partial charge in [0, 0.05) is 31.1 Å². The maximum absolute atomic E-state index is 10.9. The molecule has 1 N–H and O–H groups in total. The number of fused-ring (bicyclic) bond motifs is 1. The standard InChI is InChI=1S/C24H29NO3/c26-22-16-24(11-13-25(14-12-24)19-7-4-8-19)28-23-10-9-20(15-21(22)23)27-17-18-5-2-1-3-6-18/h1-3,5-6,9-10,15,19,22,26H,4,7-8,11-14,16-17H2. The van der Waals surface area contributed by atoms with E-state index < -0.39 is 6.10 Å². The van der Waals surface area contributed by atoms with Crippen LogP contribution in [-0.2, 0) is 6.61 Å². The Morgan fingerprint density at radius 1 is 1.07 bits per heavy atom. The third-order valence-electron chi connectivity index (χ3n) is 6.78. The molecule has 148 valence electrons. The maximum atomic E-state index is 10.9. The smallest absolute Gasteiger partial charge is 0.126 e. The van der Waals surface area contributed by atoms with Crippen LogP contribution in [0.25, 0.3) is 0 Å². The normalized spacial score (nSPS) is 24.2. The molecule has 3 aliphatic rings. The minimum Gasteiger partial charge on any atom is -0.489 e. The Morgan fingerprint density at radius 3 is 2.57 bits per heavy atom. The minimum absolute atomic E-state index is 0.209. The Labute approximate surface area is 167 Å². The van der Waals surface area contributed by atoms with Crippen molar-refractivity contribution in [2.24, 2.45) is 0 Å². The van der Waals surface area contributed by atoms with Gasteiger partial charge in [-0.2, -0.15) is 0 Å². The van der Waals surface area contributed by atoms with Crippen molar-refractivity contribution >= 4 is 0 Å². The molecule has 1 unspecified atom stereocenters. The van der Waals surface area contributed by atoms with Crippen LogP contribution < -0.4 is 9.47 Å². The van der Waals surface area contributed by atoms with Crippen LogP contribution in [-0.4, -0.2) is 34.7 Å². The molecule has 0 amide bonds. The largest absolute Gasteiger partial charge is 0.489 e. The van der Waals surface area contributed by atoms with Crippen molar-refractivity contribution in [1.82, 2.24) is 4.90 Å². The lowest BCUT2D eigenvalue weighted by Gasteiger charge is -2.49. The molecule has 1 atom stereocenters. The second-order valence-electron chi connectivity index (χ2n) is 8.60. The second kappa shape index (κ2) is 7.41. The predicted molar refractivity (Wildman–Crippen MR) is 109 cm³/mol. The van der Waals surface area contributed by atoms with Gasteiger partial charge in [0.2, 0.25) is 0 Å². The van der Waals surface area contributed by atoms with E-state index in [0.717, 1.165) is 54.6 Å². The van der Waals surface area contributed by atoms with E-state index in [0.29, 0.717) is 13.0 Å². The molecule has 2 aliphatic heterocycles. The Bertz CT molecular complexity index is 810. The summed E-state index contributed by atoms with van der Waals surface area (Å²) in [5, 5.41) is 10.9. The van der Waals surface area contributed by atoms with Crippen LogP contribution in [0.2, 0.25) is 0 Å². The number of likely N-dealkylation sites (tertiary alicyclic amines) is 1. The lowest BCUT2D eigenvalue weighted by Crippen LogP contribution is -2.54. The first-order chi connectivity index (χ1) is 13.7. The van der Waals surface area contributed by atoms with Crippen LogP contribution in [0.4, 0.5) is 0 Å². The molecule has 2 heterocycles. The fourth-order valence-corrected chi connectivity index (χ4v) is 4.80. The van der Waals surface area contributed by atoms with Crippen LogP contribution >= 0.6 is 0 Å².